The molecule has 0 saturated carbocycles. The maximum atomic E-state index is 9.38. The number of methoxy groups -OCH3 is 1. The highest BCUT2D eigenvalue weighted by atomic mass is 16.5. The first kappa shape index (κ1) is 13.4. The Balaban J connectivity index is 2.44. The van der Waals surface area contributed by atoms with Crippen molar-refractivity contribution in [2.24, 2.45) is 0 Å². The van der Waals surface area contributed by atoms with Crippen molar-refractivity contribution in [3.63, 3.8) is 0 Å². The van der Waals surface area contributed by atoms with Gasteiger partial charge >= 0.3 is 0 Å². The van der Waals surface area contributed by atoms with E-state index in [4.69, 9.17) is 4.74 Å². The lowest BCUT2D eigenvalue weighted by Crippen LogP contribution is -2.08. The van der Waals surface area contributed by atoms with Crippen molar-refractivity contribution >= 4 is 5.69 Å². The molecule has 19 heavy (non-hydrogen) atoms. The van der Waals surface area contributed by atoms with Gasteiger partial charge in [-0.25, -0.2) is 0 Å². The molecule has 100 valence electrons. The summed E-state index contributed by atoms with van der Waals surface area (Å²) in [6, 6.07) is 14.2. The van der Waals surface area contributed by atoms with Crippen LogP contribution in [0.1, 0.15) is 5.56 Å². The molecule has 2 rings (SSSR count). The van der Waals surface area contributed by atoms with Crippen molar-refractivity contribution in [3.8, 4) is 16.9 Å². The molecule has 2 aromatic rings. The summed E-state index contributed by atoms with van der Waals surface area (Å²) in [5.41, 5.74) is 4.16. The van der Waals surface area contributed by atoms with Crippen molar-refractivity contribution < 1.29 is 9.84 Å². The van der Waals surface area contributed by atoms with Gasteiger partial charge in [0.2, 0.25) is 0 Å². The van der Waals surface area contributed by atoms with E-state index in [0.717, 1.165) is 28.1 Å². The Morgan fingerprint density at radius 1 is 1.05 bits per heavy atom. The first-order valence-corrected chi connectivity index (χ1v) is 6.21. The van der Waals surface area contributed by atoms with Crippen LogP contribution >= 0.6 is 0 Å². The van der Waals surface area contributed by atoms with Crippen LogP contribution < -0.4 is 9.64 Å². The van der Waals surface area contributed by atoms with Gasteiger partial charge in [-0.2, -0.15) is 0 Å². The fourth-order valence-electron chi connectivity index (χ4n) is 2.05. The normalized spacial score (nSPS) is 10.3. The zero-order chi connectivity index (χ0) is 13.8. The number of hydrogen-bond acceptors (Lipinski definition) is 3. The van der Waals surface area contributed by atoms with Gasteiger partial charge < -0.3 is 14.7 Å². The van der Waals surface area contributed by atoms with E-state index >= 15 is 0 Å². The van der Waals surface area contributed by atoms with Gasteiger partial charge in [0.15, 0.2) is 0 Å². The zero-order valence-corrected chi connectivity index (χ0v) is 11.6. The first-order valence-electron chi connectivity index (χ1n) is 6.21. The molecule has 1 N–H and O–H groups in total. The van der Waals surface area contributed by atoms with Gasteiger partial charge in [-0.3, -0.25) is 0 Å². The SMILES string of the molecule is COc1ccc(-c2cccc(N(C)C)c2)cc1CO. The van der Waals surface area contributed by atoms with Crippen LogP contribution in [0.25, 0.3) is 11.1 Å². The van der Waals surface area contributed by atoms with Crippen LogP contribution in [0.4, 0.5) is 5.69 Å². The summed E-state index contributed by atoms with van der Waals surface area (Å²) >= 11 is 0. The van der Waals surface area contributed by atoms with Crippen LogP contribution in [0.5, 0.6) is 5.75 Å². The Kier molecular flexibility index (Phi) is 4.07. The van der Waals surface area contributed by atoms with Gasteiger partial charge in [0, 0.05) is 25.3 Å². The van der Waals surface area contributed by atoms with Crippen molar-refractivity contribution in [2.75, 3.05) is 26.1 Å². The van der Waals surface area contributed by atoms with Crippen molar-refractivity contribution in [1.82, 2.24) is 0 Å². The summed E-state index contributed by atoms with van der Waals surface area (Å²) in [6.07, 6.45) is 0. The van der Waals surface area contributed by atoms with Gasteiger partial charge in [-0.05, 0) is 35.4 Å². The average Bonchev–Trinajstić information content (AvgIpc) is 2.46. The van der Waals surface area contributed by atoms with E-state index in [-0.39, 0.29) is 6.61 Å². The zero-order valence-electron chi connectivity index (χ0n) is 11.6. The Bertz CT molecular complexity index is 564. The number of nitrogens with zero attached hydrogens (tertiary/aromatic N) is 1. The topological polar surface area (TPSA) is 32.7 Å². The standard InChI is InChI=1S/C16H19NO2/c1-17(2)15-6-4-5-12(10-15)13-7-8-16(19-3)14(9-13)11-18/h4-10,18H,11H2,1-3H3. The molecule has 0 aromatic heterocycles. The summed E-state index contributed by atoms with van der Waals surface area (Å²) in [6.45, 7) is -0.0234. The summed E-state index contributed by atoms with van der Waals surface area (Å²) in [4.78, 5) is 2.07. The van der Waals surface area contributed by atoms with E-state index < -0.39 is 0 Å². The van der Waals surface area contributed by atoms with Crippen LogP contribution in [-0.4, -0.2) is 26.3 Å². The summed E-state index contributed by atoms with van der Waals surface area (Å²) in [5.74, 6) is 0.718. The van der Waals surface area contributed by atoms with Crippen molar-refractivity contribution in [1.29, 1.82) is 0 Å². The van der Waals surface area contributed by atoms with Crippen LogP contribution in [-0.2, 0) is 6.61 Å². The molecular formula is C16H19NO2. The lowest BCUT2D eigenvalue weighted by molar-refractivity contribution is 0.274. The molecule has 0 radical (unpaired) electrons. The molecule has 0 atom stereocenters. The first-order chi connectivity index (χ1) is 9.15. The van der Waals surface area contributed by atoms with E-state index in [1.54, 1.807) is 7.11 Å². The van der Waals surface area contributed by atoms with Gasteiger partial charge in [0.05, 0.1) is 13.7 Å². The Labute approximate surface area is 114 Å². The molecular weight excluding hydrogens is 238 g/mol. The molecule has 3 nitrogen and oxygen atoms in total. The van der Waals surface area contributed by atoms with Crippen molar-refractivity contribution in [3.05, 3.63) is 48.0 Å². The Hall–Kier alpha value is -2.00. The quantitative estimate of drug-likeness (QED) is 0.914. The lowest BCUT2D eigenvalue weighted by atomic mass is 10.0. The van der Waals surface area contributed by atoms with Crippen LogP contribution in [0, 0.1) is 0 Å². The van der Waals surface area contributed by atoms with E-state index in [2.05, 4.69) is 23.1 Å². The van der Waals surface area contributed by atoms with Gasteiger partial charge in [0.25, 0.3) is 0 Å². The molecule has 0 aliphatic heterocycles. The lowest BCUT2D eigenvalue weighted by Gasteiger charge is -2.14. The van der Waals surface area contributed by atoms with Gasteiger partial charge in [-0.1, -0.05) is 18.2 Å². The molecule has 0 unspecified atom stereocenters. The number of aliphatic hydroxyl groups excluding tert-OH is 1. The third-order valence-corrected chi connectivity index (χ3v) is 3.15. The van der Waals surface area contributed by atoms with E-state index in [1.165, 1.54) is 0 Å². The predicted octanol–water partition coefficient (Wildman–Crippen LogP) is 2.92. The van der Waals surface area contributed by atoms with Gasteiger partial charge in [0.1, 0.15) is 5.75 Å². The monoisotopic (exact) mass is 257 g/mol. The number of rotatable bonds is 4. The Morgan fingerprint density at radius 3 is 2.42 bits per heavy atom. The molecule has 0 bridgehead atoms. The van der Waals surface area contributed by atoms with Gasteiger partial charge in [-0.15, -0.1) is 0 Å². The Morgan fingerprint density at radius 2 is 1.79 bits per heavy atom. The summed E-state index contributed by atoms with van der Waals surface area (Å²) in [7, 11) is 5.65. The maximum Gasteiger partial charge on any atom is 0.124 e. The van der Waals surface area contributed by atoms with E-state index in [1.807, 2.05) is 38.4 Å². The number of aliphatic hydroxyl groups is 1. The summed E-state index contributed by atoms with van der Waals surface area (Å²) < 4.78 is 5.22. The average molecular weight is 257 g/mol. The smallest absolute Gasteiger partial charge is 0.124 e. The molecule has 0 fully saturated rings. The second-order valence-electron chi connectivity index (χ2n) is 4.63. The van der Waals surface area contributed by atoms with Crippen molar-refractivity contribution in [2.45, 2.75) is 6.61 Å². The molecule has 0 saturated heterocycles. The third kappa shape index (κ3) is 2.88. The third-order valence-electron chi connectivity index (χ3n) is 3.15. The highest BCUT2D eigenvalue weighted by Gasteiger charge is 2.06. The molecule has 0 amide bonds. The second-order valence-corrected chi connectivity index (χ2v) is 4.63. The second kappa shape index (κ2) is 5.76. The number of benzene rings is 2. The molecule has 0 spiro atoms. The summed E-state index contributed by atoms with van der Waals surface area (Å²) in [5, 5.41) is 9.38. The highest BCUT2D eigenvalue weighted by molar-refractivity contribution is 5.69. The van der Waals surface area contributed by atoms with E-state index in [9.17, 15) is 5.11 Å². The van der Waals surface area contributed by atoms with Crippen LogP contribution in [0.2, 0.25) is 0 Å². The fourth-order valence-corrected chi connectivity index (χ4v) is 2.05. The molecule has 3 heteroatoms. The van der Waals surface area contributed by atoms with E-state index in [0.29, 0.717) is 0 Å². The fraction of sp³-hybridized carbons (Fsp3) is 0.250. The molecule has 0 heterocycles. The van der Waals surface area contributed by atoms with Crippen LogP contribution in [0.15, 0.2) is 42.5 Å². The minimum absolute atomic E-state index is 0.0234. The highest BCUT2D eigenvalue weighted by Crippen LogP contribution is 2.28. The number of anilines is 1. The minimum Gasteiger partial charge on any atom is -0.496 e. The maximum absolute atomic E-state index is 9.38. The number of ether oxygens (including phenoxy) is 1. The minimum atomic E-state index is -0.0234. The largest absolute Gasteiger partial charge is 0.496 e. The predicted molar refractivity (Wildman–Crippen MR) is 78.7 cm³/mol. The van der Waals surface area contributed by atoms with Crippen LogP contribution in [0.3, 0.4) is 0 Å². The number of hydrogen-bond donors (Lipinski definition) is 1. The molecule has 2 aromatic carbocycles. The molecule has 0 aliphatic carbocycles. The molecule has 0 aliphatic rings.